The lowest BCUT2D eigenvalue weighted by atomic mass is 9.87. The number of fused-ring (bicyclic) bond motifs is 3. The number of aromatic amines is 1. The summed E-state index contributed by atoms with van der Waals surface area (Å²) in [6.07, 6.45) is -0.811. The van der Waals surface area contributed by atoms with Crippen molar-refractivity contribution in [3.63, 3.8) is 0 Å². The molecule has 1 fully saturated rings. The molecule has 2 aliphatic rings. The summed E-state index contributed by atoms with van der Waals surface area (Å²) in [5.41, 5.74) is 0.590. The molecule has 2 unspecified atom stereocenters. The van der Waals surface area contributed by atoms with Gasteiger partial charge in [-0.2, -0.15) is 0 Å². The van der Waals surface area contributed by atoms with Crippen LogP contribution in [0.1, 0.15) is 34.5 Å². The lowest BCUT2D eigenvalue weighted by molar-refractivity contribution is -0.0791. The van der Waals surface area contributed by atoms with Gasteiger partial charge in [-0.15, -0.1) is 0 Å². The average molecular weight is 495 g/mol. The van der Waals surface area contributed by atoms with Crippen LogP contribution in [0, 0.1) is 23.4 Å². The summed E-state index contributed by atoms with van der Waals surface area (Å²) < 4.78 is 74.0. The predicted octanol–water partition coefficient (Wildman–Crippen LogP) is 3.76. The molecular weight excluding hydrogens is 469 g/mol. The van der Waals surface area contributed by atoms with E-state index in [1.807, 2.05) is 11.9 Å². The van der Waals surface area contributed by atoms with E-state index in [1.165, 1.54) is 17.0 Å². The van der Waals surface area contributed by atoms with Crippen LogP contribution in [0.2, 0.25) is 0 Å². The molecule has 1 aromatic heterocycles. The smallest absolute Gasteiger partial charge is 0.283 e. The van der Waals surface area contributed by atoms with E-state index in [0.717, 1.165) is 12.1 Å². The van der Waals surface area contributed by atoms with E-state index in [9.17, 15) is 18.3 Å². The molecule has 3 aromatic rings. The number of hydrogen-bond donors (Lipinski definition) is 3. The van der Waals surface area contributed by atoms with Crippen LogP contribution < -0.4 is 0 Å². The first-order chi connectivity index (χ1) is 16.6. The van der Waals surface area contributed by atoms with Gasteiger partial charge < -0.3 is 20.1 Å². The molecule has 2 aromatic carbocycles. The molecule has 1 saturated heterocycles. The highest BCUT2D eigenvalue weighted by Crippen LogP contribution is 2.42. The Bertz CT molecular complexity index is 1230. The Hall–Kier alpha value is -2.53. The van der Waals surface area contributed by atoms with E-state index < -0.39 is 54.2 Å². The zero-order valence-corrected chi connectivity index (χ0v) is 19.0. The summed E-state index contributed by atoms with van der Waals surface area (Å²) in [7, 11) is 1.87. The van der Waals surface area contributed by atoms with Gasteiger partial charge in [-0.1, -0.05) is 12.1 Å². The van der Waals surface area contributed by atoms with Crippen molar-refractivity contribution in [3.8, 4) is 0 Å². The first-order valence-electron chi connectivity index (χ1n) is 11.5. The van der Waals surface area contributed by atoms with Gasteiger partial charge in [0.15, 0.2) is 0 Å². The van der Waals surface area contributed by atoms with Crippen molar-refractivity contribution in [2.75, 3.05) is 39.8 Å². The van der Waals surface area contributed by atoms with Crippen LogP contribution in [-0.4, -0.2) is 70.8 Å². The number of benzene rings is 2. The van der Waals surface area contributed by atoms with E-state index in [-0.39, 0.29) is 35.7 Å². The molecule has 0 amide bonds. The summed E-state index contributed by atoms with van der Waals surface area (Å²) in [6.45, 7) is -1.17. The van der Waals surface area contributed by atoms with Gasteiger partial charge in [0, 0.05) is 42.2 Å². The number of aliphatic hydroxyl groups excluding tert-OH is 2. The maximum Gasteiger partial charge on any atom is 0.283 e. The number of nitrogens with one attached hydrogen (secondary N) is 1. The van der Waals surface area contributed by atoms with Gasteiger partial charge >= 0.3 is 0 Å². The van der Waals surface area contributed by atoms with Gasteiger partial charge in [-0.05, 0) is 42.8 Å². The molecule has 5 nitrogen and oxygen atoms in total. The van der Waals surface area contributed by atoms with Crippen LogP contribution in [0.25, 0.3) is 10.9 Å². The first-order valence-corrected chi connectivity index (χ1v) is 11.5. The fraction of sp³-hybridized carbons (Fsp3) is 0.440. The Morgan fingerprint density at radius 2 is 1.80 bits per heavy atom. The van der Waals surface area contributed by atoms with Crippen LogP contribution in [-0.2, 0) is 6.42 Å². The number of nitrogens with zero attached hydrogens (tertiary/aromatic N) is 2. The number of H-pyrrole nitrogens is 1. The third-order valence-electron chi connectivity index (χ3n) is 7.13. The van der Waals surface area contributed by atoms with Gasteiger partial charge in [0.2, 0.25) is 0 Å². The lowest BCUT2D eigenvalue weighted by Gasteiger charge is -2.40. The fourth-order valence-electron chi connectivity index (χ4n) is 5.43. The minimum absolute atomic E-state index is 0.0222. The Kier molecular flexibility index (Phi) is 6.11. The van der Waals surface area contributed by atoms with Crippen molar-refractivity contribution in [3.05, 3.63) is 70.2 Å². The summed E-state index contributed by atoms with van der Waals surface area (Å²) in [5, 5.41) is 20.2. The molecule has 0 bridgehead atoms. The molecule has 0 radical (unpaired) electrons. The van der Waals surface area contributed by atoms with Crippen molar-refractivity contribution in [2.24, 2.45) is 5.92 Å². The highest BCUT2D eigenvalue weighted by atomic mass is 19.3. The molecule has 188 valence electrons. The highest BCUT2D eigenvalue weighted by Gasteiger charge is 2.41. The molecule has 2 atom stereocenters. The molecule has 0 aliphatic carbocycles. The Balaban J connectivity index is 1.62. The fourth-order valence-corrected chi connectivity index (χ4v) is 5.43. The van der Waals surface area contributed by atoms with Crippen molar-refractivity contribution in [1.29, 1.82) is 0 Å². The standard InChI is InChI=1S/C25H26F5N3O2/c1-32-9-14(10-32)24(35)13-7-18(27)20(19(28)8-13)23-22-16(5-6-33(23)11-25(29,30)12-34)15-3-2-4-17(26)21(15)31-22/h2-4,7-8,14,23-24,31,34-35H,5-6,9-12H2,1H3. The first kappa shape index (κ1) is 24.2. The summed E-state index contributed by atoms with van der Waals surface area (Å²) in [5.74, 6) is -6.20. The summed E-state index contributed by atoms with van der Waals surface area (Å²) >= 11 is 0. The molecule has 2 aliphatic heterocycles. The molecule has 10 heteroatoms. The quantitative estimate of drug-likeness (QED) is 0.456. The predicted molar refractivity (Wildman–Crippen MR) is 120 cm³/mol. The zero-order chi connectivity index (χ0) is 25.1. The monoisotopic (exact) mass is 495 g/mol. The largest absolute Gasteiger partial charge is 0.390 e. The number of aliphatic hydroxyl groups is 2. The van der Waals surface area contributed by atoms with E-state index in [0.29, 0.717) is 24.0 Å². The van der Waals surface area contributed by atoms with E-state index in [4.69, 9.17) is 5.11 Å². The summed E-state index contributed by atoms with van der Waals surface area (Å²) in [6, 6.07) is 5.21. The Labute approximate surface area is 198 Å². The number of para-hydroxylation sites is 1. The number of rotatable bonds is 6. The van der Waals surface area contributed by atoms with Gasteiger partial charge in [0.1, 0.15) is 24.1 Å². The van der Waals surface area contributed by atoms with Crippen molar-refractivity contribution < 1.29 is 32.2 Å². The van der Waals surface area contributed by atoms with Crippen molar-refractivity contribution in [2.45, 2.75) is 24.5 Å². The third-order valence-corrected chi connectivity index (χ3v) is 7.13. The van der Waals surface area contributed by atoms with E-state index in [2.05, 4.69) is 4.98 Å². The third kappa shape index (κ3) is 4.22. The van der Waals surface area contributed by atoms with Gasteiger partial charge in [0.25, 0.3) is 5.92 Å². The highest BCUT2D eigenvalue weighted by molar-refractivity contribution is 5.86. The normalized spacial score (nSPS) is 20.7. The lowest BCUT2D eigenvalue weighted by Crippen LogP contribution is -2.46. The molecular formula is C25H26F5N3O2. The molecule has 5 rings (SSSR count). The van der Waals surface area contributed by atoms with Gasteiger partial charge in [-0.3, -0.25) is 4.90 Å². The number of hydrogen-bond acceptors (Lipinski definition) is 4. The van der Waals surface area contributed by atoms with Gasteiger partial charge in [-0.25, -0.2) is 22.0 Å². The topological polar surface area (TPSA) is 62.7 Å². The molecule has 0 spiro atoms. The maximum atomic E-state index is 15.5. The molecule has 3 heterocycles. The van der Waals surface area contributed by atoms with E-state index in [1.54, 1.807) is 6.07 Å². The Morgan fingerprint density at radius 1 is 1.11 bits per heavy atom. The second-order valence-electron chi connectivity index (χ2n) is 9.64. The molecule has 35 heavy (non-hydrogen) atoms. The zero-order valence-electron chi connectivity index (χ0n) is 19.0. The SMILES string of the molecule is CN1CC(C(O)c2cc(F)c(C3c4[nH]c5c(F)cccc5c4CCN3CC(F)(F)CO)c(F)c2)C1. The van der Waals surface area contributed by atoms with Crippen LogP contribution in [0.15, 0.2) is 30.3 Å². The van der Waals surface area contributed by atoms with Crippen molar-refractivity contribution >= 4 is 10.9 Å². The average Bonchev–Trinajstić information content (AvgIpc) is 3.17. The van der Waals surface area contributed by atoms with Crippen molar-refractivity contribution in [1.82, 2.24) is 14.8 Å². The minimum atomic E-state index is -3.51. The van der Waals surface area contributed by atoms with Crippen LogP contribution in [0.4, 0.5) is 22.0 Å². The Morgan fingerprint density at radius 3 is 2.43 bits per heavy atom. The number of alkyl halides is 2. The number of halogens is 5. The van der Waals surface area contributed by atoms with Gasteiger partial charge in [0.05, 0.1) is 24.2 Å². The number of aromatic nitrogens is 1. The minimum Gasteiger partial charge on any atom is -0.390 e. The van der Waals surface area contributed by atoms with Crippen LogP contribution >= 0.6 is 0 Å². The molecule has 0 saturated carbocycles. The van der Waals surface area contributed by atoms with E-state index >= 15 is 8.78 Å². The number of likely N-dealkylation sites (tertiary alicyclic amines) is 1. The van der Waals surface area contributed by atoms with Crippen LogP contribution in [0.3, 0.4) is 0 Å². The summed E-state index contributed by atoms with van der Waals surface area (Å²) in [4.78, 5) is 6.05. The second-order valence-corrected chi connectivity index (χ2v) is 9.64. The van der Waals surface area contributed by atoms with Crippen LogP contribution in [0.5, 0.6) is 0 Å². The second kappa shape index (κ2) is 8.85. The molecule has 3 N–H and O–H groups in total. The maximum absolute atomic E-state index is 15.5.